The zero-order valence-electron chi connectivity index (χ0n) is 60.1. The molecule has 0 amide bonds. The highest BCUT2D eigenvalue weighted by molar-refractivity contribution is 7.34. The van der Waals surface area contributed by atoms with E-state index in [2.05, 4.69) is 121 Å². The van der Waals surface area contributed by atoms with Crippen LogP contribution in [0.5, 0.6) is 0 Å². The summed E-state index contributed by atoms with van der Waals surface area (Å²) < 4.78 is 26.6. The van der Waals surface area contributed by atoms with Gasteiger partial charge in [0, 0.05) is 23.9 Å². The minimum Gasteiger partial charge on any atom is -0.337 e. The molecule has 0 aliphatic rings. The van der Waals surface area contributed by atoms with Crippen LogP contribution in [0, 0.1) is 23.7 Å². The summed E-state index contributed by atoms with van der Waals surface area (Å²) in [4.78, 5) is 0. The molecule has 91 heavy (non-hydrogen) atoms. The maximum absolute atomic E-state index is 5.55. The molecule has 4 atom stereocenters. The zero-order chi connectivity index (χ0) is 63.8. The summed E-state index contributed by atoms with van der Waals surface area (Å²) in [6, 6.07) is 0. The highest BCUT2D eigenvalue weighted by Crippen LogP contribution is 2.54. The van der Waals surface area contributed by atoms with Crippen molar-refractivity contribution >= 4 is 129 Å². The Hall–Kier alpha value is -2.04. The van der Waals surface area contributed by atoms with Crippen LogP contribution in [0.25, 0.3) is 72.1 Å². The zero-order valence-corrected chi connectivity index (χ0v) is 64.1. The third-order valence-corrected chi connectivity index (χ3v) is 27.1. The fourth-order valence-electron chi connectivity index (χ4n) is 16.2. The Balaban J connectivity index is 1.33. The first-order chi connectivity index (χ1) is 44.9. The number of aromatic nitrogens is 4. The van der Waals surface area contributed by atoms with Crippen LogP contribution >= 0.6 is 57.1 Å². The molecular weight excluding hydrogens is 1200 g/mol. The Labute approximate surface area is 577 Å². The van der Waals surface area contributed by atoms with Crippen LogP contribution in [0.15, 0.2) is 10.8 Å². The second-order valence-corrected chi connectivity index (χ2v) is 33.9. The maximum Gasteiger partial charge on any atom is 0.116 e. The lowest BCUT2D eigenvalue weighted by Gasteiger charge is -2.22. The molecule has 512 valence electrons. The number of hydrogen-bond donors (Lipinski definition) is 0. The molecule has 0 fully saturated rings. The van der Waals surface area contributed by atoms with Gasteiger partial charge >= 0.3 is 0 Å². The monoisotopic (exact) mass is 1330 g/mol. The third-order valence-electron chi connectivity index (χ3n) is 21.7. The maximum atomic E-state index is 5.55. The number of thiophene rings is 4. The highest BCUT2D eigenvalue weighted by Gasteiger charge is 2.33. The number of rotatable bonds is 56. The predicted molar refractivity (Wildman–Crippen MR) is 418 cm³/mol. The second kappa shape index (κ2) is 42.6. The quantitative estimate of drug-likeness (QED) is 0.0356. The van der Waals surface area contributed by atoms with Gasteiger partial charge in [0.25, 0.3) is 0 Å². The van der Waals surface area contributed by atoms with E-state index in [1.165, 1.54) is 375 Å². The largest absolute Gasteiger partial charge is 0.337 e. The van der Waals surface area contributed by atoms with E-state index in [1.807, 2.05) is 0 Å². The van der Waals surface area contributed by atoms with Gasteiger partial charge in [-0.2, -0.15) is 8.75 Å². The van der Waals surface area contributed by atoms with Crippen LogP contribution in [-0.4, -0.2) is 17.9 Å². The molecule has 4 nitrogen and oxygen atoms in total. The normalized spacial score (nSPS) is 13.8. The van der Waals surface area contributed by atoms with Crippen molar-refractivity contribution in [3.05, 3.63) is 21.9 Å². The van der Waals surface area contributed by atoms with Crippen molar-refractivity contribution < 1.29 is 0 Å². The van der Waals surface area contributed by atoms with E-state index in [-0.39, 0.29) is 0 Å². The van der Waals surface area contributed by atoms with Crippen molar-refractivity contribution in [3.8, 4) is 0 Å². The average molecular weight is 1340 g/mol. The summed E-state index contributed by atoms with van der Waals surface area (Å²) >= 11 is 10.1. The topological polar surface area (TPSA) is 35.6 Å². The molecule has 0 N–H and O–H groups in total. The van der Waals surface area contributed by atoms with E-state index < -0.39 is 0 Å². The predicted octanol–water partition coefficient (Wildman–Crippen LogP) is 30.9. The molecule has 1 aromatic carbocycles. The highest BCUT2D eigenvalue weighted by atomic mass is 32.1. The lowest BCUT2D eigenvalue weighted by Crippen LogP contribution is -2.14. The van der Waals surface area contributed by atoms with E-state index in [1.54, 1.807) is 41.0 Å². The van der Waals surface area contributed by atoms with Gasteiger partial charge in [-0.3, -0.25) is 0 Å². The molecular formula is C82H134N4S5. The van der Waals surface area contributed by atoms with E-state index >= 15 is 0 Å². The van der Waals surface area contributed by atoms with Gasteiger partial charge < -0.3 is 9.13 Å². The van der Waals surface area contributed by atoms with Crippen molar-refractivity contribution in [2.75, 3.05) is 0 Å². The second-order valence-electron chi connectivity index (χ2n) is 29.5. The minimum absolute atomic E-state index is 0.654. The van der Waals surface area contributed by atoms with Crippen LogP contribution in [-0.2, 0) is 25.9 Å². The van der Waals surface area contributed by atoms with Gasteiger partial charge in [0.2, 0.25) is 0 Å². The molecule has 0 spiro atoms. The third kappa shape index (κ3) is 21.5. The summed E-state index contributed by atoms with van der Waals surface area (Å²) in [5.41, 5.74) is 11.9. The smallest absolute Gasteiger partial charge is 0.116 e. The Kier molecular flexibility index (Phi) is 35.0. The average Bonchev–Trinajstić information content (AvgIpc) is 1.51. The fourth-order valence-corrected chi connectivity index (χ4v) is 22.2. The minimum atomic E-state index is 0.654. The molecule has 0 aliphatic carbocycles. The van der Waals surface area contributed by atoms with Crippen LogP contribution in [0.3, 0.4) is 0 Å². The Morgan fingerprint density at radius 2 is 0.549 bits per heavy atom. The van der Waals surface area contributed by atoms with Gasteiger partial charge in [0.15, 0.2) is 0 Å². The molecule has 0 radical (unpaired) electrons. The lowest BCUT2D eigenvalue weighted by atomic mass is 9.90. The molecule has 4 unspecified atom stereocenters. The van der Waals surface area contributed by atoms with Gasteiger partial charge in [-0.25, -0.2) is 0 Å². The fraction of sp³-hybridized carbons (Fsp3) is 0.780. The molecule has 7 aromatic heterocycles. The first-order valence-corrected chi connectivity index (χ1v) is 44.0. The van der Waals surface area contributed by atoms with E-state index in [0.717, 1.165) is 24.9 Å². The van der Waals surface area contributed by atoms with Gasteiger partial charge in [-0.1, -0.05) is 338 Å². The van der Waals surface area contributed by atoms with Crippen molar-refractivity contribution in [2.45, 2.75) is 390 Å². The number of benzene rings is 1. The van der Waals surface area contributed by atoms with Crippen LogP contribution in [0.4, 0.5) is 0 Å². The van der Waals surface area contributed by atoms with Gasteiger partial charge in [-0.05, 0) is 84.1 Å². The van der Waals surface area contributed by atoms with E-state index in [0.29, 0.717) is 11.8 Å². The molecule has 0 saturated heterocycles. The van der Waals surface area contributed by atoms with Crippen LogP contribution in [0.2, 0.25) is 0 Å². The number of fused-ring (bicyclic) bond motifs is 14. The van der Waals surface area contributed by atoms with Gasteiger partial charge in [0.05, 0.1) is 62.0 Å². The van der Waals surface area contributed by atoms with Crippen LogP contribution < -0.4 is 0 Å². The first-order valence-electron chi connectivity index (χ1n) is 39.9. The van der Waals surface area contributed by atoms with Crippen molar-refractivity contribution in [2.24, 2.45) is 23.7 Å². The molecule has 0 aliphatic heterocycles. The van der Waals surface area contributed by atoms with E-state index in [9.17, 15) is 0 Å². The SMILES string of the molecule is CCCCCCCCCCC(CCCCCCCC)Cn1c2c3scc(CC(CCCC)CCCCCC)c3sc2c2c3nsnc3c3c4sc5c(CC(CCCC)CCCCCC)csc5c4n(CC(CCCCCCCC)CCCCCCCCCC)c3c21. The van der Waals surface area contributed by atoms with Crippen molar-refractivity contribution in [3.63, 3.8) is 0 Å². The van der Waals surface area contributed by atoms with E-state index in [4.69, 9.17) is 8.75 Å². The molecule has 8 rings (SSSR count). The summed E-state index contributed by atoms with van der Waals surface area (Å²) in [7, 11) is 0. The van der Waals surface area contributed by atoms with Gasteiger partial charge in [0.1, 0.15) is 11.0 Å². The lowest BCUT2D eigenvalue weighted by molar-refractivity contribution is 0.362. The summed E-state index contributed by atoms with van der Waals surface area (Å²) in [6.45, 7) is 21.2. The van der Waals surface area contributed by atoms with Gasteiger partial charge in [-0.15, -0.1) is 45.3 Å². The summed E-state index contributed by atoms with van der Waals surface area (Å²) in [6.07, 6.45) is 68.3. The Morgan fingerprint density at radius 3 is 0.857 bits per heavy atom. The Morgan fingerprint density at radius 1 is 0.286 bits per heavy atom. The molecule has 7 heterocycles. The molecule has 0 bridgehead atoms. The molecule has 8 aromatic rings. The van der Waals surface area contributed by atoms with Crippen molar-refractivity contribution in [1.29, 1.82) is 0 Å². The standard InChI is InChI=1S/C82H134N4S5/c1-9-17-25-31-35-37-41-47-55-65(53-45-39-33-27-19-11-3)59-85-73-69(79-75(85)81-77(89-79)67(61-87-81)57-63(49-23-15-7)51-43-29-21-13-5)71-72(84-91-83-71)70-74(73)86(60-66(54-46-40-34-28-20-12-4)56-48-42-38-36-32-26-18-10-2)76-80(70)90-78-68(62-88-82(76)78)58-64(50-24-16-8)52-44-30-22-14-6/h61-66H,9-60H2,1-8H3. The summed E-state index contributed by atoms with van der Waals surface area (Å²) in [5.74, 6) is 2.85. The number of nitrogens with zero attached hydrogens (tertiary/aromatic N) is 4. The van der Waals surface area contributed by atoms with Crippen LogP contribution in [0.1, 0.15) is 375 Å². The Bertz CT molecular complexity index is 2990. The first kappa shape index (κ1) is 74.7. The van der Waals surface area contributed by atoms with Crippen molar-refractivity contribution in [1.82, 2.24) is 17.9 Å². The summed E-state index contributed by atoms with van der Waals surface area (Å²) in [5, 5.41) is 8.20. The number of unbranched alkanes of at least 4 members (excludes halogenated alkanes) is 32. The molecule has 9 heteroatoms. The number of hydrogen-bond acceptors (Lipinski definition) is 7. The molecule has 0 saturated carbocycles.